The molecule has 1 aromatic heterocycles. The van der Waals surface area contributed by atoms with Gasteiger partial charge in [-0.2, -0.15) is 4.37 Å². The first-order valence-corrected chi connectivity index (χ1v) is 6.65. The van der Waals surface area contributed by atoms with Gasteiger partial charge in [-0.1, -0.05) is 20.8 Å². The molecule has 1 aromatic rings. The molecule has 0 aliphatic rings. The lowest BCUT2D eigenvalue weighted by Crippen LogP contribution is -2.36. The predicted molar refractivity (Wildman–Crippen MR) is 68.4 cm³/mol. The molecular weight excluding hydrogens is 238 g/mol. The monoisotopic (exact) mass is 257 g/mol. The van der Waals surface area contributed by atoms with Crippen LogP contribution in [0.25, 0.3) is 0 Å². The highest BCUT2D eigenvalue weighted by molar-refractivity contribution is 7.09. The zero-order valence-electron chi connectivity index (χ0n) is 10.5. The molecule has 0 amide bonds. The van der Waals surface area contributed by atoms with Crippen LogP contribution in [0.4, 0.5) is 5.13 Å². The van der Waals surface area contributed by atoms with Gasteiger partial charge in [0.05, 0.1) is 5.41 Å². The van der Waals surface area contributed by atoms with Gasteiger partial charge < -0.3 is 10.4 Å². The molecule has 1 rings (SSSR count). The second-order valence-corrected chi connectivity index (χ2v) is 4.77. The summed E-state index contributed by atoms with van der Waals surface area (Å²) >= 11 is 1.28. The molecular formula is C11H19N3O2S. The van der Waals surface area contributed by atoms with Crippen LogP contribution in [0.5, 0.6) is 0 Å². The molecule has 0 radical (unpaired) electrons. The van der Waals surface area contributed by atoms with Gasteiger partial charge in [-0.25, -0.2) is 4.98 Å². The van der Waals surface area contributed by atoms with E-state index in [1.54, 1.807) is 0 Å². The van der Waals surface area contributed by atoms with Crippen LogP contribution in [-0.2, 0) is 11.2 Å². The fraction of sp³-hybridized carbons (Fsp3) is 0.727. The van der Waals surface area contributed by atoms with E-state index in [1.807, 2.05) is 20.8 Å². The molecule has 6 heteroatoms. The highest BCUT2D eigenvalue weighted by Gasteiger charge is 2.34. The van der Waals surface area contributed by atoms with Crippen molar-refractivity contribution in [3.8, 4) is 0 Å². The van der Waals surface area contributed by atoms with Crippen LogP contribution in [-0.4, -0.2) is 27.0 Å². The minimum absolute atomic E-state index is 0.397. The van der Waals surface area contributed by atoms with Gasteiger partial charge in [0.1, 0.15) is 5.82 Å². The van der Waals surface area contributed by atoms with Gasteiger partial charge in [-0.15, -0.1) is 0 Å². The SMILES string of the molecule is CCc1nsc(NCC(CC)(CC)C(=O)O)n1. The lowest BCUT2D eigenvalue weighted by atomic mass is 9.82. The topological polar surface area (TPSA) is 75.1 Å². The molecule has 0 saturated heterocycles. The van der Waals surface area contributed by atoms with Crippen LogP contribution < -0.4 is 5.32 Å². The van der Waals surface area contributed by atoms with E-state index >= 15 is 0 Å². The Morgan fingerprint density at radius 2 is 2.06 bits per heavy atom. The van der Waals surface area contributed by atoms with E-state index in [0.29, 0.717) is 24.5 Å². The van der Waals surface area contributed by atoms with Gasteiger partial charge in [-0.05, 0) is 12.8 Å². The van der Waals surface area contributed by atoms with Crippen molar-refractivity contribution in [2.75, 3.05) is 11.9 Å². The lowest BCUT2D eigenvalue weighted by Gasteiger charge is -2.26. The van der Waals surface area contributed by atoms with Crippen molar-refractivity contribution in [1.29, 1.82) is 0 Å². The third kappa shape index (κ3) is 3.15. The van der Waals surface area contributed by atoms with Gasteiger partial charge in [0, 0.05) is 24.5 Å². The van der Waals surface area contributed by atoms with E-state index in [1.165, 1.54) is 11.5 Å². The van der Waals surface area contributed by atoms with E-state index in [4.69, 9.17) is 0 Å². The maximum Gasteiger partial charge on any atom is 0.311 e. The zero-order valence-corrected chi connectivity index (χ0v) is 11.3. The van der Waals surface area contributed by atoms with E-state index in [0.717, 1.165) is 12.2 Å². The molecule has 17 heavy (non-hydrogen) atoms. The number of anilines is 1. The van der Waals surface area contributed by atoms with Crippen molar-refractivity contribution in [1.82, 2.24) is 9.36 Å². The number of carboxylic acid groups (broad SMARTS) is 1. The summed E-state index contributed by atoms with van der Waals surface area (Å²) in [5, 5.41) is 13.1. The Bertz CT molecular complexity index is 375. The van der Waals surface area contributed by atoms with E-state index in [-0.39, 0.29) is 0 Å². The summed E-state index contributed by atoms with van der Waals surface area (Å²) in [5.74, 6) is 0.0432. The molecule has 0 bridgehead atoms. The maximum absolute atomic E-state index is 11.3. The summed E-state index contributed by atoms with van der Waals surface area (Å²) in [6.45, 7) is 6.19. The van der Waals surface area contributed by atoms with Gasteiger partial charge in [0.15, 0.2) is 0 Å². The second-order valence-electron chi connectivity index (χ2n) is 4.02. The van der Waals surface area contributed by atoms with Crippen molar-refractivity contribution in [2.45, 2.75) is 40.0 Å². The van der Waals surface area contributed by atoms with Crippen LogP contribution >= 0.6 is 11.5 Å². The molecule has 0 fully saturated rings. The fourth-order valence-electron chi connectivity index (χ4n) is 1.59. The van der Waals surface area contributed by atoms with E-state index < -0.39 is 11.4 Å². The van der Waals surface area contributed by atoms with Gasteiger partial charge in [0.2, 0.25) is 5.13 Å². The third-order valence-electron chi connectivity index (χ3n) is 3.17. The summed E-state index contributed by atoms with van der Waals surface area (Å²) in [7, 11) is 0. The normalized spacial score (nSPS) is 11.5. The number of rotatable bonds is 7. The van der Waals surface area contributed by atoms with Gasteiger partial charge in [0.25, 0.3) is 0 Å². The molecule has 2 N–H and O–H groups in total. The lowest BCUT2D eigenvalue weighted by molar-refractivity contribution is -0.148. The smallest absolute Gasteiger partial charge is 0.311 e. The second kappa shape index (κ2) is 5.95. The number of aryl methyl sites for hydroxylation is 1. The Balaban J connectivity index is 2.66. The van der Waals surface area contributed by atoms with Crippen molar-refractivity contribution in [2.24, 2.45) is 5.41 Å². The Morgan fingerprint density at radius 1 is 1.41 bits per heavy atom. The van der Waals surface area contributed by atoms with E-state index in [2.05, 4.69) is 14.7 Å². The van der Waals surface area contributed by atoms with Crippen LogP contribution in [0, 0.1) is 5.41 Å². The molecule has 0 saturated carbocycles. The van der Waals surface area contributed by atoms with Crippen LogP contribution in [0.3, 0.4) is 0 Å². The zero-order chi connectivity index (χ0) is 12.9. The maximum atomic E-state index is 11.3. The predicted octanol–water partition coefficient (Wildman–Crippen LogP) is 2.40. The summed E-state index contributed by atoms with van der Waals surface area (Å²) in [5.41, 5.74) is -0.710. The Kier molecular flexibility index (Phi) is 4.86. The van der Waals surface area contributed by atoms with Crippen LogP contribution in [0.2, 0.25) is 0 Å². The van der Waals surface area contributed by atoms with Crippen molar-refractivity contribution < 1.29 is 9.90 Å². The van der Waals surface area contributed by atoms with Crippen molar-refractivity contribution in [3.05, 3.63) is 5.82 Å². The Morgan fingerprint density at radius 3 is 2.47 bits per heavy atom. The first kappa shape index (κ1) is 13.9. The quantitative estimate of drug-likeness (QED) is 0.784. The number of nitrogens with zero attached hydrogens (tertiary/aromatic N) is 2. The van der Waals surface area contributed by atoms with Gasteiger partial charge in [-0.3, -0.25) is 4.79 Å². The van der Waals surface area contributed by atoms with Crippen molar-refractivity contribution >= 4 is 22.6 Å². The molecule has 0 atom stereocenters. The van der Waals surface area contributed by atoms with Crippen LogP contribution in [0.1, 0.15) is 39.4 Å². The number of nitrogens with one attached hydrogen (secondary N) is 1. The standard InChI is InChI=1S/C11H19N3O2S/c1-4-8-13-10(17-14-8)12-7-11(5-2,6-3)9(15)16/h4-7H2,1-3H3,(H,15,16)(H,12,13,14). The molecule has 5 nitrogen and oxygen atoms in total. The third-order valence-corrected chi connectivity index (χ3v) is 3.88. The summed E-state index contributed by atoms with van der Waals surface area (Å²) in [6, 6.07) is 0. The summed E-state index contributed by atoms with van der Waals surface area (Å²) in [4.78, 5) is 15.6. The highest BCUT2D eigenvalue weighted by Crippen LogP contribution is 2.27. The Labute approximate surface area is 105 Å². The van der Waals surface area contributed by atoms with Gasteiger partial charge >= 0.3 is 5.97 Å². The molecule has 96 valence electrons. The first-order chi connectivity index (χ1) is 8.07. The number of aromatic nitrogens is 2. The highest BCUT2D eigenvalue weighted by atomic mass is 32.1. The fourth-order valence-corrected chi connectivity index (χ4v) is 2.24. The average Bonchev–Trinajstić information content (AvgIpc) is 2.78. The molecule has 1 heterocycles. The molecule has 0 aliphatic heterocycles. The number of hydrogen-bond donors (Lipinski definition) is 2. The minimum Gasteiger partial charge on any atom is -0.481 e. The minimum atomic E-state index is -0.754. The molecule has 0 spiro atoms. The number of hydrogen-bond acceptors (Lipinski definition) is 5. The Hall–Kier alpha value is -1.17. The summed E-state index contributed by atoms with van der Waals surface area (Å²) in [6.07, 6.45) is 2.00. The largest absolute Gasteiger partial charge is 0.481 e. The molecule has 0 aliphatic carbocycles. The van der Waals surface area contributed by atoms with Crippen LogP contribution in [0.15, 0.2) is 0 Å². The number of aliphatic carboxylic acids is 1. The average molecular weight is 257 g/mol. The molecule has 0 aromatic carbocycles. The number of carbonyl (C=O) groups is 1. The summed E-state index contributed by atoms with van der Waals surface area (Å²) < 4.78 is 4.15. The number of carboxylic acids is 1. The molecule has 0 unspecified atom stereocenters. The van der Waals surface area contributed by atoms with E-state index in [9.17, 15) is 9.90 Å². The van der Waals surface area contributed by atoms with Crippen molar-refractivity contribution in [3.63, 3.8) is 0 Å². The first-order valence-electron chi connectivity index (χ1n) is 5.87.